The second-order valence-electron chi connectivity index (χ2n) is 5.04. The molecule has 2 aliphatic heterocycles. The van der Waals surface area contributed by atoms with Crippen molar-refractivity contribution < 1.29 is 13.2 Å². The lowest BCUT2D eigenvalue weighted by atomic mass is 10.1. The molecule has 0 saturated carbocycles. The van der Waals surface area contributed by atoms with Crippen LogP contribution in [0, 0.1) is 0 Å². The SMILES string of the molecule is CCN(CC(=O)NC1CCS(=O)(=O)C1)C1CNC1. The van der Waals surface area contributed by atoms with E-state index < -0.39 is 9.84 Å². The van der Waals surface area contributed by atoms with Gasteiger partial charge in [0.2, 0.25) is 5.91 Å². The van der Waals surface area contributed by atoms with E-state index in [0.717, 1.165) is 19.6 Å². The zero-order valence-corrected chi connectivity index (χ0v) is 11.5. The Bertz CT molecular complexity index is 406. The predicted molar refractivity (Wildman–Crippen MR) is 69.1 cm³/mol. The third-order valence-corrected chi connectivity index (χ3v) is 5.39. The van der Waals surface area contributed by atoms with Gasteiger partial charge in [0.25, 0.3) is 0 Å². The van der Waals surface area contributed by atoms with E-state index in [9.17, 15) is 13.2 Å². The lowest BCUT2D eigenvalue weighted by Crippen LogP contribution is -2.59. The average molecular weight is 275 g/mol. The number of rotatable bonds is 5. The van der Waals surface area contributed by atoms with Gasteiger partial charge in [0.05, 0.1) is 18.1 Å². The summed E-state index contributed by atoms with van der Waals surface area (Å²) in [5.41, 5.74) is 0. The minimum absolute atomic E-state index is 0.0640. The zero-order chi connectivity index (χ0) is 13.2. The Morgan fingerprint density at radius 1 is 1.44 bits per heavy atom. The van der Waals surface area contributed by atoms with Gasteiger partial charge < -0.3 is 10.6 Å². The van der Waals surface area contributed by atoms with E-state index in [-0.39, 0.29) is 23.5 Å². The maximum atomic E-state index is 11.9. The Morgan fingerprint density at radius 3 is 2.61 bits per heavy atom. The molecule has 0 spiro atoms. The van der Waals surface area contributed by atoms with Crippen LogP contribution < -0.4 is 10.6 Å². The molecule has 2 N–H and O–H groups in total. The maximum absolute atomic E-state index is 11.9. The third-order valence-electron chi connectivity index (χ3n) is 3.63. The van der Waals surface area contributed by atoms with Gasteiger partial charge in [-0.1, -0.05) is 6.92 Å². The van der Waals surface area contributed by atoms with E-state index >= 15 is 0 Å². The summed E-state index contributed by atoms with van der Waals surface area (Å²) in [6.07, 6.45) is 0.547. The monoisotopic (exact) mass is 275 g/mol. The lowest BCUT2D eigenvalue weighted by Gasteiger charge is -2.37. The fourth-order valence-electron chi connectivity index (χ4n) is 2.40. The molecule has 0 radical (unpaired) electrons. The van der Waals surface area contributed by atoms with Crippen LogP contribution >= 0.6 is 0 Å². The molecular formula is C11H21N3O3S. The lowest BCUT2D eigenvalue weighted by molar-refractivity contribution is -0.123. The number of carbonyl (C=O) groups excluding carboxylic acids is 1. The Balaban J connectivity index is 1.77. The molecule has 2 rings (SSSR count). The van der Waals surface area contributed by atoms with E-state index in [1.54, 1.807) is 0 Å². The van der Waals surface area contributed by atoms with E-state index in [1.807, 2.05) is 6.92 Å². The van der Waals surface area contributed by atoms with Crippen LogP contribution in [0.15, 0.2) is 0 Å². The maximum Gasteiger partial charge on any atom is 0.234 e. The highest BCUT2D eigenvalue weighted by Gasteiger charge is 2.30. The first-order valence-electron chi connectivity index (χ1n) is 6.44. The van der Waals surface area contributed by atoms with Gasteiger partial charge in [0, 0.05) is 25.2 Å². The number of amides is 1. The van der Waals surface area contributed by atoms with Crippen LogP contribution in [0.3, 0.4) is 0 Å². The number of nitrogens with one attached hydrogen (secondary N) is 2. The van der Waals surface area contributed by atoms with Gasteiger partial charge in [-0.25, -0.2) is 8.42 Å². The smallest absolute Gasteiger partial charge is 0.234 e. The summed E-state index contributed by atoms with van der Waals surface area (Å²) in [6.45, 7) is 5.09. The molecular weight excluding hydrogens is 254 g/mol. The zero-order valence-electron chi connectivity index (χ0n) is 10.7. The van der Waals surface area contributed by atoms with Crippen molar-refractivity contribution in [1.82, 2.24) is 15.5 Å². The highest BCUT2D eigenvalue weighted by Crippen LogP contribution is 2.11. The third kappa shape index (κ3) is 3.43. The summed E-state index contributed by atoms with van der Waals surface area (Å²) in [5, 5.41) is 6.00. The second kappa shape index (κ2) is 5.54. The van der Waals surface area contributed by atoms with Gasteiger partial charge in [-0.2, -0.15) is 0 Å². The summed E-state index contributed by atoms with van der Waals surface area (Å²) >= 11 is 0. The molecule has 18 heavy (non-hydrogen) atoms. The molecule has 2 heterocycles. The van der Waals surface area contributed by atoms with Crippen LogP contribution in [0.2, 0.25) is 0 Å². The molecule has 0 aromatic carbocycles. The summed E-state index contributed by atoms with van der Waals surface area (Å²) < 4.78 is 22.6. The molecule has 0 aromatic rings. The first kappa shape index (κ1) is 13.8. The van der Waals surface area contributed by atoms with Gasteiger partial charge in [-0.05, 0) is 13.0 Å². The molecule has 1 unspecified atom stereocenters. The predicted octanol–water partition coefficient (Wildman–Crippen LogP) is -1.42. The molecule has 2 aliphatic rings. The van der Waals surface area contributed by atoms with Gasteiger partial charge in [0.15, 0.2) is 9.84 Å². The molecule has 104 valence electrons. The van der Waals surface area contributed by atoms with Gasteiger partial charge in [-0.3, -0.25) is 9.69 Å². The molecule has 2 fully saturated rings. The Kier molecular flexibility index (Phi) is 4.24. The number of sulfone groups is 1. The number of hydrogen-bond donors (Lipinski definition) is 2. The Morgan fingerprint density at radius 2 is 2.17 bits per heavy atom. The number of hydrogen-bond acceptors (Lipinski definition) is 5. The van der Waals surface area contributed by atoms with Crippen LogP contribution in [-0.2, 0) is 14.6 Å². The highest BCUT2D eigenvalue weighted by atomic mass is 32.2. The fraction of sp³-hybridized carbons (Fsp3) is 0.909. The van der Waals surface area contributed by atoms with Crippen LogP contribution in [0.4, 0.5) is 0 Å². The van der Waals surface area contributed by atoms with E-state index in [0.29, 0.717) is 19.0 Å². The van der Waals surface area contributed by atoms with Crippen LogP contribution in [0.5, 0.6) is 0 Å². The van der Waals surface area contributed by atoms with Crippen molar-refractivity contribution in [2.45, 2.75) is 25.4 Å². The summed E-state index contributed by atoms with van der Waals surface area (Å²) in [4.78, 5) is 14.0. The van der Waals surface area contributed by atoms with Crippen LogP contribution in [0.1, 0.15) is 13.3 Å². The van der Waals surface area contributed by atoms with Crippen molar-refractivity contribution in [3.05, 3.63) is 0 Å². The second-order valence-corrected chi connectivity index (χ2v) is 7.27. The number of likely N-dealkylation sites (N-methyl/N-ethyl adjacent to an activating group) is 1. The number of nitrogens with zero attached hydrogens (tertiary/aromatic N) is 1. The largest absolute Gasteiger partial charge is 0.351 e. The number of carbonyl (C=O) groups is 1. The van der Waals surface area contributed by atoms with Crippen molar-refractivity contribution in [3.8, 4) is 0 Å². The minimum atomic E-state index is -2.92. The minimum Gasteiger partial charge on any atom is -0.351 e. The normalized spacial score (nSPS) is 27.1. The van der Waals surface area contributed by atoms with Crippen molar-refractivity contribution in [2.24, 2.45) is 0 Å². The van der Waals surface area contributed by atoms with E-state index in [4.69, 9.17) is 0 Å². The first-order valence-corrected chi connectivity index (χ1v) is 8.27. The van der Waals surface area contributed by atoms with Crippen molar-refractivity contribution in [1.29, 1.82) is 0 Å². The fourth-order valence-corrected chi connectivity index (χ4v) is 4.07. The van der Waals surface area contributed by atoms with E-state index in [2.05, 4.69) is 15.5 Å². The average Bonchev–Trinajstić information content (AvgIpc) is 2.54. The quantitative estimate of drug-likeness (QED) is 0.644. The Hall–Kier alpha value is -0.660. The van der Waals surface area contributed by atoms with Crippen LogP contribution in [0.25, 0.3) is 0 Å². The summed E-state index contributed by atoms with van der Waals surface area (Å²) in [7, 11) is -2.92. The molecule has 1 amide bonds. The van der Waals surface area contributed by atoms with Crippen LogP contribution in [-0.4, -0.2) is 69.0 Å². The first-order chi connectivity index (χ1) is 8.50. The molecule has 6 nitrogen and oxygen atoms in total. The summed E-state index contributed by atoms with van der Waals surface area (Å²) in [6, 6.07) is 0.244. The van der Waals surface area contributed by atoms with Crippen molar-refractivity contribution in [2.75, 3.05) is 37.7 Å². The molecule has 1 atom stereocenters. The van der Waals surface area contributed by atoms with Gasteiger partial charge in [0.1, 0.15) is 0 Å². The molecule has 7 heteroatoms. The molecule has 2 saturated heterocycles. The van der Waals surface area contributed by atoms with Gasteiger partial charge >= 0.3 is 0 Å². The molecule has 0 aromatic heterocycles. The van der Waals surface area contributed by atoms with E-state index in [1.165, 1.54) is 0 Å². The van der Waals surface area contributed by atoms with Crippen molar-refractivity contribution in [3.63, 3.8) is 0 Å². The Labute approximate surface area is 108 Å². The topological polar surface area (TPSA) is 78.5 Å². The van der Waals surface area contributed by atoms with Crippen molar-refractivity contribution >= 4 is 15.7 Å². The summed E-state index contributed by atoms with van der Waals surface area (Å²) in [5.74, 6) is 0.225. The van der Waals surface area contributed by atoms with Gasteiger partial charge in [-0.15, -0.1) is 0 Å². The highest BCUT2D eigenvalue weighted by molar-refractivity contribution is 7.91. The molecule has 0 aliphatic carbocycles. The molecule has 0 bridgehead atoms. The standard InChI is InChI=1S/C11H21N3O3S/c1-2-14(10-5-12-6-10)7-11(15)13-9-3-4-18(16,17)8-9/h9-10,12H,2-8H2,1H3,(H,13,15).